The molecule has 0 aliphatic carbocycles. The fourth-order valence-corrected chi connectivity index (χ4v) is 1.31. The van der Waals surface area contributed by atoms with Gasteiger partial charge in [0.05, 0.1) is 6.54 Å². The Morgan fingerprint density at radius 1 is 1.44 bits per heavy atom. The molecule has 6 heteroatoms. The van der Waals surface area contributed by atoms with Gasteiger partial charge in [0.15, 0.2) is 0 Å². The van der Waals surface area contributed by atoms with Gasteiger partial charge in [0.2, 0.25) is 5.91 Å². The van der Waals surface area contributed by atoms with Crippen molar-refractivity contribution < 1.29 is 9.59 Å². The van der Waals surface area contributed by atoms with Crippen LogP contribution in [-0.2, 0) is 4.79 Å². The first kappa shape index (κ1) is 12.3. The van der Waals surface area contributed by atoms with Gasteiger partial charge in [0.1, 0.15) is 0 Å². The maximum atomic E-state index is 11.1. The summed E-state index contributed by atoms with van der Waals surface area (Å²) >= 11 is 5.80. The molecule has 0 fully saturated rings. The van der Waals surface area contributed by atoms with E-state index in [2.05, 4.69) is 5.32 Å². The number of hydrogen-bond acceptors (Lipinski definition) is 3. The van der Waals surface area contributed by atoms with Crippen LogP contribution in [0.4, 0.5) is 10.5 Å². The average molecular weight is 242 g/mol. The van der Waals surface area contributed by atoms with Crippen molar-refractivity contribution in [3.8, 4) is 0 Å². The molecule has 0 saturated carbocycles. The van der Waals surface area contributed by atoms with Crippen LogP contribution < -0.4 is 16.4 Å². The van der Waals surface area contributed by atoms with Crippen molar-refractivity contribution in [1.29, 1.82) is 0 Å². The Balaban J connectivity index is 2.57. The Kier molecular flexibility index (Phi) is 4.13. The summed E-state index contributed by atoms with van der Waals surface area (Å²) in [5.74, 6) is -0.494. The monoisotopic (exact) mass is 241 g/mol. The topological polar surface area (TPSA) is 84.2 Å². The summed E-state index contributed by atoms with van der Waals surface area (Å²) < 4.78 is 0. The molecule has 0 aliphatic rings. The number of aryl methyl sites for hydroxylation is 1. The van der Waals surface area contributed by atoms with Crippen LogP contribution in [0, 0.1) is 6.92 Å². The van der Waals surface area contributed by atoms with Gasteiger partial charge in [0.25, 0.3) is 0 Å². The lowest BCUT2D eigenvalue weighted by Gasteiger charge is -2.09. The number of nitrogens with one attached hydrogen (secondary N) is 2. The van der Waals surface area contributed by atoms with E-state index in [0.29, 0.717) is 5.02 Å². The predicted molar refractivity (Wildman–Crippen MR) is 62.4 cm³/mol. The molecule has 4 N–H and O–H groups in total. The maximum absolute atomic E-state index is 11.1. The molecule has 0 saturated heterocycles. The molecule has 0 heterocycles. The normalized spacial score (nSPS) is 9.62. The van der Waals surface area contributed by atoms with Crippen molar-refractivity contribution in [2.24, 2.45) is 5.73 Å². The van der Waals surface area contributed by atoms with Crippen LogP contribution in [-0.4, -0.2) is 18.5 Å². The third kappa shape index (κ3) is 3.78. The van der Waals surface area contributed by atoms with Crippen LogP contribution in [0.2, 0.25) is 5.02 Å². The van der Waals surface area contributed by atoms with Crippen LogP contribution in [0.5, 0.6) is 0 Å². The summed E-state index contributed by atoms with van der Waals surface area (Å²) in [4.78, 5) is 21.5. The van der Waals surface area contributed by atoms with E-state index in [1.54, 1.807) is 12.1 Å². The number of carbonyl (C=O) groups excluding carboxylic acids is 2. The second kappa shape index (κ2) is 5.37. The van der Waals surface area contributed by atoms with E-state index in [9.17, 15) is 9.59 Å². The largest absolute Gasteiger partial charge is 0.376 e. The Bertz CT molecular complexity index is 421. The van der Waals surface area contributed by atoms with Gasteiger partial charge in [-0.15, -0.1) is 0 Å². The smallest absolute Gasteiger partial charge is 0.318 e. The highest BCUT2D eigenvalue weighted by atomic mass is 35.5. The number of imide groups is 1. The van der Waals surface area contributed by atoms with Crippen LogP contribution in [0.15, 0.2) is 18.2 Å². The molecule has 1 rings (SSSR count). The van der Waals surface area contributed by atoms with E-state index in [1.165, 1.54) is 0 Å². The fraction of sp³-hybridized carbons (Fsp3) is 0.200. The van der Waals surface area contributed by atoms with E-state index in [-0.39, 0.29) is 6.54 Å². The molecular weight excluding hydrogens is 230 g/mol. The highest BCUT2D eigenvalue weighted by Crippen LogP contribution is 2.19. The molecule has 0 spiro atoms. The minimum atomic E-state index is -0.866. The molecule has 3 amide bonds. The molecule has 0 aliphatic heterocycles. The van der Waals surface area contributed by atoms with Gasteiger partial charge >= 0.3 is 6.03 Å². The molecule has 86 valence electrons. The van der Waals surface area contributed by atoms with Crippen molar-refractivity contribution >= 4 is 29.2 Å². The van der Waals surface area contributed by atoms with Crippen LogP contribution in [0.3, 0.4) is 0 Å². The van der Waals surface area contributed by atoms with Gasteiger partial charge in [-0.25, -0.2) is 4.79 Å². The highest BCUT2D eigenvalue weighted by molar-refractivity contribution is 6.30. The van der Waals surface area contributed by atoms with Gasteiger partial charge in [-0.05, 0) is 24.6 Å². The molecular formula is C10H12ClN3O2. The van der Waals surface area contributed by atoms with Crippen LogP contribution >= 0.6 is 11.6 Å². The van der Waals surface area contributed by atoms with Crippen molar-refractivity contribution in [2.75, 3.05) is 11.9 Å². The van der Waals surface area contributed by atoms with Gasteiger partial charge < -0.3 is 11.1 Å². The quantitative estimate of drug-likeness (QED) is 0.745. The Morgan fingerprint density at radius 3 is 2.75 bits per heavy atom. The van der Waals surface area contributed by atoms with Crippen LogP contribution in [0.1, 0.15) is 5.56 Å². The lowest BCUT2D eigenvalue weighted by molar-refractivity contribution is -0.118. The highest BCUT2D eigenvalue weighted by Gasteiger charge is 2.05. The molecule has 1 aromatic rings. The van der Waals surface area contributed by atoms with Crippen molar-refractivity contribution in [3.63, 3.8) is 0 Å². The number of hydrogen-bond donors (Lipinski definition) is 3. The lowest BCUT2D eigenvalue weighted by Crippen LogP contribution is -2.38. The average Bonchev–Trinajstić information content (AvgIpc) is 2.18. The number of halogens is 1. The number of nitrogens with two attached hydrogens (primary N) is 1. The summed E-state index contributed by atoms with van der Waals surface area (Å²) in [6.45, 7) is 1.84. The molecule has 16 heavy (non-hydrogen) atoms. The van der Waals surface area contributed by atoms with Crippen LogP contribution in [0.25, 0.3) is 0 Å². The molecule has 0 radical (unpaired) electrons. The Morgan fingerprint density at radius 2 is 2.12 bits per heavy atom. The summed E-state index contributed by atoms with van der Waals surface area (Å²) in [5, 5.41) is 5.38. The van der Waals surface area contributed by atoms with E-state index < -0.39 is 11.9 Å². The van der Waals surface area contributed by atoms with E-state index in [1.807, 2.05) is 18.3 Å². The minimum Gasteiger partial charge on any atom is -0.376 e. The SMILES string of the molecule is Cc1ccc(Cl)cc1NCC(=O)NC(N)=O. The molecule has 1 aromatic carbocycles. The number of urea groups is 1. The first-order chi connectivity index (χ1) is 7.49. The van der Waals surface area contributed by atoms with Crippen molar-refractivity contribution in [1.82, 2.24) is 5.32 Å². The Labute approximate surface area is 98.0 Å². The zero-order valence-electron chi connectivity index (χ0n) is 8.71. The molecule has 0 unspecified atom stereocenters. The second-order valence-corrected chi connectivity index (χ2v) is 3.66. The summed E-state index contributed by atoms with van der Waals surface area (Å²) in [5.41, 5.74) is 6.49. The number of amides is 3. The summed E-state index contributed by atoms with van der Waals surface area (Å²) in [6.07, 6.45) is 0. The fourth-order valence-electron chi connectivity index (χ4n) is 1.14. The van der Waals surface area contributed by atoms with Gasteiger partial charge in [-0.3, -0.25) is 10.1 Å². The molecule has 0 aromatic heterocycles. The second-order valence-electron chi connectivity index (χ2n) is 3.23. The maximum Gasteiger partial charge on any atom is 0.318 e. The standard InChI is InChI=1S/C10H12ClN3O2/c1-6-2-3-7(11)4-8(6)13-5-9(15)14-10(12)16/h2-4,13H,5H2,1H3,(H3,12,14,15,16). The number of rotatable bonds is 3. The Hall–Kier alpha value is -1.75. The summed E-state index contributed by atoms with van der Waals surface area (Å²) in [6, 6.07) is 4.42. The van der Waals surface area contributed by atoms with Crippen molar-refractivity contribution in [2.45, 2.75) is 6.92 Å². The predicted octanol–water partition coefficient (Wildman–Crippen LogP) is 1.26. The van der Waals surface area contributed by atoms with E-state index in [4.69, 9.17) is 17.3 Å². The zero-order chi connectivity index (χ0) is 12.1. The first-order valence-electron chi connectivity index (χ1n) is 4.58. The van der Waals surface area contributed by atoms with E-state index >= 15 is 0 Å². The van der Waals surface area contributed by atoms with Gasteiger partial charge in [-0.2, -0.15) is 0 Å². The third-order valence-corrected chi connectivity index (χ3v) is 2.14. The number of anilines is 1. The number of benzene rings is 1. The molecule has 0 bridgehead atoms. The van der Waals surface area contributed by atoms with Crippen molar-refractivity contribution in [3.05, 3.63) is 28.8 Å². The molecule has 0 atom stereocenters. The summed E-state index contributed by atoms with van der Waals surface area (Å²) in [7, 11) is 0. The lowest BCUT2D eigenvalue weighted by atomic mass is 10.2. The number of primary amides is 1. The van der Waals surface area contributed by atoms with E-state index in [0.717, 1.165) is 11.3 Å². The zero-order valence-corrected chi connectivity index (χ0v) is 9.47. The van der Waals surface area contributed by atoms with Gasteiger partial charge in [-0.1, -0.05) is 17.7 Å². The molecule has 5 nitrogen and oxygen atoms in total. The van der Waals surface area contributed by atoms with Gasteiger partial charge in [0, 0.05) is 10.7 Å². The third-order valence-electron chi connectivity index (χ3n) is 1.90. The first-order valence-corrected chi connectivity index (χ1v) is 4.96. The number of carbonyl (C=O) groups is 2. The minimum absolute atomic E-state index is 0.0376.